The van der Waals surface area contributed by atoms with Gasteiger partial charge in [0.15, 0.2) is 11.5 Å². The summed E-state index contributed by atoms with van der Waals surface area (Å²) in [4.78, 5) is 14.9. The molecule has 1 heterocycles. The molecule has 1 aliphatic rings. The van der Waals surface area contributed by atoms with Crippen molar-refractivity contribution in [3.05, 3.63) is 82.9 Å². The minimum Gasteiger partial charge on any atom is -0.493 e. The molecule has 7 nitrogen and oxygen atoms in total. The number of morpholine rings is 1. The van der Waals surface area contributed by atoms with Crippen LogP contribution in [0.2, 0.25) is 0 Å². The molecule has 190 valence electrons. The number of nitrogens with zero attached hydrogens (tertiary/aromatic N) is 1. The molecule has 0 saturated carbocycles. The number of hydrogen-bond donors (Lipinski definition) is 1. The lowest BCUT2D eigenvalue weighted by molar-refractivity contribution is 0.0526. The normalized spacial score (nSPS) is 13.2. The van der Waals surface area contributed by atoms with Gasteiger partial charge in [0, 0.05) is 25.3 Å². The van der Waals surface area contributed by atoms with Crippen LogP contribution >= 0.6 is 0 Å². The van der Waals surface area contributed by atoms with Gasteiger partial charge in [0.1, 0.15) is 6.61 Å². The van der Waals surface area contributed by atoms with E-state index in [1.807, 2.05) is 55.5 Å². The Morgan fingerprint density at radius 2 is 1.83 bits per heavy atom. The van der Waals surface area contributed by atoms with Gasteiger partial charge in [-0.3, -0.25) is 0 Å². The van der Waals surface area contributed by atoms with Crippen LogP contribution in [-0.4, -0.2) is 46.0 Å². The number of anilines is 2. The van der Waals surface area contributed by atoms with Crippen LogP contribution in [0, 0.1) is 6.92 Å². The quantitative estimate of drug-likeness (QED) is 0.391. The molecular weight excluding hydrogens is 456 g/mol. The summed E-state index contributed by atoms with van der Waals surface area (Å²) in [6, 6.07) is 19.9. The lowest BCUT2D eigenvalue weighted by Gasteiger charge is -2.30. The number of hydrogen-bond acceptors (Lipinski definition) is 7. The molecule has 0 aliphatic carbocycles. The molecule has 36 heavy (non-hydrogen) atoms. The molecule has 1 saturated heterocycles. The van der Waals surface area contributed by atoms with Gasteiger partial charge in [-0.1, -0.05) is 30.3 Å². The monoisotopic (exact) mass is 490 g/mol. The molecule has 4 rings (SSSR count). The molecule has 0 amide bonds. The second-order valence-electron chi connectivity index (χ2n) is 8.61. The first kappa shape index (κ1) is 25.4. The van der Waals surface area contributed by atoms with Crippen LogP contribution in [0.4, 0.5) is 11.4 Å². The lowest BCUT2D eigenvalue weighted by Crippen LogP contribution is -2.37. The molecule has 0 spiro atoms. The van der Waals surface area contributed by atoms with Gasteiger partial charge in [-0.2, -0.15) is 0 Å². The Morgan fingerprint density at radius 3 is 2.58 bits per heavy atom. The number of ether oxygens (including phenoxy) is 4. The molecule has 3 aromatic rings. The molecule has 3 aromatic carbocycles. The number of esters is 1. The summed E-state index contributed by atoms with van der Waals surface area (Å²) < 4.78 is 22.4. The van der Waals surface area contributed by atoms with E-state index < -0.39 is 0 Å². The predicted octanol–water partition coefficient (Wildman–Crippen LogP) is 5.21. The highest BCUT2D eigenvalue weighted by Gasteiger charge is 2.20. The first-order valence-corrected chi connectivity index (χ1v) is 12.3. The fourth-order valence-corrected chi connectivity index (χ4v) is 4.17. The molecule has 0 bridgehead atoms. The lowest BCUT2D eigenvalue weighted by atomic mass is 10.1. The van der Waals surface area contributed by atoms with Crippen LogP contribution in [0.25, 0.3) is 0 Å². The van der Waals surface area contributed by atoms with Crippen molar-refractivity contribution >= 4 is 17.3 Å². The second kappa shape index (κ2) is 12.3. The number of aryl methyl sites for hydroxylation is 1. The van der Waals surface area contributed by atoms with Gasteiger partial charge >= 0.3 is 5.97 Å². The maximum absolute atomic E-state index is 12.7. The summed E-state index contributed by atoms with van der Waals surface area (Å²) >= 11 is 0. The number of carbonyl (C=O) groups is 1. The molecule has 0 radical (unpaired) electrons. The van der Waals surface area contributed by atoms with E-state index >= 15 is 0 Å². The summed E-state index contributed by atoms with van der Waals surface area (Å²) in [5, 5.41) is 3.42. The van der Waals surface area contributed by atoms with Gasteiger partial charge in [0.05, 0.1) is 38.2 Å². The van der Waals surface area contributed by atoms with E-state index in [1.54, 1.807) is 7.11 Å². The third kappa shape index (κ3) is 6.29. The Bertz CT molecular complexity index is 1170. The van der Waals surface area contributed by atoms with Crippen molar-refractivity contribution in [2.24, 2.45) is 0 Å². The van der Waals surface area contributed by atoms with Crippen molar-refractivity contribution < 1.29 is 23.7 Å². The van der Waals surface area contributed by atoms with Crippen molar-refractivity contribution in [2.75, 3.05) is 50.2 Å². The minimum atomic E-state index is -0.320. The van der Waals surface area contributed by atoms with E-state index in [9.17, 15) is 4.79 Å². The molecule has 1 aliphatic heterocycles. The van der Waals surface area contributed by atoms with Gasteiger partial charge in [-0.05, 0) is 60.9 Å². The van der Waals surface area contributed by atoms with Crippen molar-refractivity contribution in [1.82, 2.24) is 0 Å². The zero-order valence-corrected chi connectivity index (χ0v) is 21.2. The van der Waals surface area contributed by atoms with Gasteiger partial charge in [-0.15, -0.1) is 0 Å². The Morgan fingerprint density at radius 1 is 1.03 bits per heavy atom. The Labute approximate surface area is 212 Å². The summed E-state index contributed by atoms with van der Waals surface area (Å²) in [5.41, 5.74) is 5.64. The van der Waals surface area contributed by atoms with Gasteiger partial charge in [0.25, 0.3) is 0 Å². The van der Waals surface area contributed by atoms with Crippen molar-refractivity contribution in [2.45, 2.75) is 27.0 Å². The molecule has 1 N–H and O–H groups in total. The highest BCUT2D eigenvalue weighted by molar-refractivity contribution is 5.97. The SMILES string of the molecule is CCOC(=O)c1cc(NCc2ccc(OCc3ccccc3C)c(OC)c2)ccc1N1CCOCC1. The standard InChI is InChI=1S/C29H34N2O5/c1-4-35-29(32)25-18-24(10-11-26(25)31-13-15-34-16-14-31)30-19-22-9-12-27(28(17-22)33-3)36-20-23-8-6-5-7-21(23)2/h5-12,17-18,30H,4,13-16,19-20H2,1-3H3. The van der Waals surface area contributed by atoms with E-state index in [0.717, 1.165) is 35.6 Å². The van der Waals surface area contributed by atoms with Crippen molar-refractivity contribution in [3.63, 3.8) is 0 Å². The van der Waals surface area contributed by atoms with E-state index in [0.29, 0.717) is 50.0 Å². The summed E-state index contributed by atoms with van der Waals surface area (Å²) in [5.74, 6) is 1.06. The number of carbonyl (C=O) groups excluding carboxylic acids is 1. The zero-order chi connectivity index (χ0) is 25.3. The Kier molecular flexibility index (Phi) is 8.68. The zero-order valence-electron chi connectivity index (χ0n) is 21.2. The molecule has 7 heteroatoms. The first-order valence-electron chi connectivity index (χ1n) is 12.3. The van der Waals surface area contributed by atoms with E-state index in [2.05, 4.69) is 29.3 Å². The van der Waals surface area contributed by atoms with Crippen LogP contribution < -0.4 is 19.7 Å². The van der Waals surface area contributed by atoms with Gasteiger partial charge < -0.3 is 29.2 Å². The number of nitrogens with one attached hydrogen (secondary N) is 1. The number of benzene rings is 3. The van der Waals surface area contributed by atoms with Crippen molar-refractivity contribution in [1.29, 1.82) is 0 Å². The van der Waals surface area contributed by atoms with Crippen LogP contribution in [0.5, 0.6) is 11.5 Å². The fraction of sp³-hybridized carbons (Fsp3) is 0.345. The van der Waals surface area contributed by atoms with E-state index in [-0.39, 0.29) is 5.97 Å². The highest BCUT2D eigenvalue weighted by atomic mass is 16.5. The van der Waals surface area contributed by atoms with Crippen molar-refractivity contribution in [3.8, 4) is 11.5 Å². The summed E-state index contributed by atoms with van der Waals surface area (Å²) in [6.07, 6.45) is 0. The fourth-order valence-electron chi connectivity index (χ4n) is 4.17. The third-order valence-electron chi connectivity index (χ3n) is 6.21. The number of rotatable bonds is 10. The summed E-state index contributed by atoms with van der Waals surface area (Å²) in [6.45, 7) is 8.05. The van der Waals surface area contributed by atoms with Crippen LogP contribution in [0.15, 0.2) is 60.7 Å². The number of methoxy groups -OCH3 is 1. The van der Waals surface area contributed by atoms with E-state index in [1.165, 1.54) is 5.56 Å². The Hall–Kier alpha value is -3.71. The largest absolute Gasteiger partial charge is 0.493 e. The molecule has 0 unspecified atom stereocenters. The maximum atomic E-state index is 12.7. The highest BCUT2D eigenvalue weighted by Crippen LogP contribution is 2.30. The van der Waals surface area contributed by atoms with Crippen LogP contribution in [0.1, 0.15) is 34.0 Å². The summed E-state index contributed by atoms with van der Waals surface area (Å²) in [7, 11) is 1.64. The third-order valence-corrected chi connectivity index (χ3v) is 6.21. The minimum absolute atomic E-state index is 0.320. The second-order valence-corrected chi connectivity index (χ2v) is 8.61. The first-order chi connectivity index (χ1) is 17.6. The average Bonchev–Trinajstić information content (AvgIpc) is 2.92. The Balaban J connectivity index is 1.45. The van der Waals surface area contributed by atoms with Crippen LogP contribution in [-0.2, 0) is 22.6 Å². The molecular formula is C29H34N2O5. The molecule has 0 atom stereocenters. The van der Waals surface area contributed by atoms with Gasteiger partial charge in [0.2, 0.25) is 0 Å². The maximum Gasteiger partial charge on any atom is 0.340 e. The smallest absolute Gasteiger partial charge is 0.340 e. The molecule has 1 fully saturated rings. The topological polar surface area (TPSA) is 69.3 Å². The predicted molar refractivity (Wildman–Crippen MR) is 141 cm³/mol. The van der Waals surface area contributed by atoms with Gasteiger partial charge in [-0.25, -0.2) is 4.79 Å². The average molecular weight is 491 g/mol. The molecule has 0 aromatic heterocycles. The van der Waals surface area contributed by atoms with Crippen LogP contribution in [0.3, 0.4) is 0 Å². The van der Waals surface area contributed by atoms with E-state index in [4.69, 9.17) is 18.9 Å².